The van der Waals surface area contributed by atoms with Gasteiger partial charge in [-0.3, -0.25) is 4.79 Å². The highest BCUT2D eigenvalue weighted by atomic mass is 32.2. The summed E-state index contributed by atoms with van der Waals surface area (Å²) in [6.45, 7) is 0.522. The van der Waals surface area contributed by atoms with Crippen molar-refractivity contribution in [2.75, 3.05) is 6.61 Å². The average molecular weight is 210 g/mol. The Morgan fingerprint density at radius 2 is 2.07 bits per heavy atom. The van der Waals surface area contributed by atoms with E-state index >= 15 is 0 Å². The quantitative estimate of drug-likeness (QED) is 0.756. The van der Waals surface area contributed by atoms with E-state index in [4.69, 9.17) is 9.84 Å². The fourth-order valence-electron chi connectivity index (χ4n) is 1.27. The molecule has 1 aliphatic rings. The SMILES string of the molecule is O=C1OCCC1Sc1ccc(O)cc1. The van der Waals surface area contributed by atoms with Gasteiger partial charge in [-0.2, -0.15) is 0 Å². The highest BCUT2D eigenvalue weighted by Gasteiger charge is 2.27. The van der Waals surface area contributed by atoms with E-state index in [2.05, 4.69) is 0 Å². The summed E-state index contributed by atoms with van der Waals surface area (Å²) in [6, 6.07) is 6.82. The number of phenols is 1. The van der Waals surface area contributed by atoms with Crippen LogP contribution < -0.4 is 0 Å². The number of benzene rings is 1. The van der Waals surface area contributed by atoms with E-state index in [0.29, 0.717) is 6.61 Å². The molecule has 0 spiro atoms. The van der Waals surface area contributed by atoms with Crippen LogP contribution in [0, 0.1) is 0 Å². The van der Waals surface area contributed by atoms with Gasteiger partial charge in [-0.15, -0.1) is 11.8 Å². The van der Waals surface area contributed by atoms with E-state index in [-0.39, 0.29) is 17.0 Å². The maximum atomic E-state index is 11.2. The monoisotopic (exact) mass is 210 g/mol. The molecule has 0 bridgehead atoms. The van der Waals surface area contributed by atoms with Crippen molar-refractivity contribution in [1.29, 1.82) is 0 Å². The molecule has 1 N–H and O–H groups in total. The molecule has 1 aliphatic heterocycles. The average Bonchev–Trinajstić information content (AvgIpc) is 2.56. The third-order valence-corrected chi connectivity index (χ3v) is 3.26. The molecule has 74 valence electrons. The van der Waals surface area contributed by atoms with Gasteiger partial charge in [0.15, 0.2) is 0 Å². The van der Waals surface area contributed by atoms with Gasteiger partial charge >= 0.3 is 5.97 Å². The topological polar surface area (TPSA) is 46.5 Å². The van der Waals surface area contributed by atoms with Crippen molar-refractivity contribution in [2.24, 2.45) is 0 Å². The highest BCUT2D eigenvalue weighted by molar-refractivity contribution is 8.00. The Bertz CT molecular complexity index is 334. The molecule has 2 rings (SSSR count). The first-order valence-electron chi connectivity index (χ1n) is 4.38. The zero-order valence-electron chi connectivity index (χ0n) is 7.47. The van der Waals surface area contributed by atoms with Gasteiger partial charge in [-0.1, -0.05) is 0 Å². The number of cyclic esters (lactones) is 1. The minimum Gasteiger partial charge on any atom is -0.508 e. The van der Waals surface area contributed by atoms with Crippen molar-refractivity contribution in [3.05, 3.63) is 24.3 Å². The summed E-state index contributed by atoms with van der Waals surface area (Å²) < 4.78 is 4.85. The second-order valence-corrected chi connectivity index (χ2v) is 4.33. The first kappa shape index (κ1) is 9.40. The maximum absolute atomic E-state index is 11.2. The Kier molecular flexibility index (Phi) is 2.63. The third kappa shape index (κ3) is 2.01. The summed E-state index contributed by atoms with van der Waals surface area (Å²) in [6.07, 6.45) is 0.768. The molecule has 1 fully saturated rings. The van der Waals surface area contributed by atoms with Gasteiger partial charge in [0.25, 0.3) is 0 Å². The third-order valence-electron chi connectivity index (χ3n) is 2.00. The summed E-state index contributed by atoms with van der Waals surface area (Å²) in [5.41, 5.74) is 0. The number of carbonyl (C=O) groups is 1. The van der Waals surface area contributed by atoms with Crippen LogP contribution in [0.1, 0.15) is 6.42 Å². The number of thioether (sulfide) groups is 1. The molecule has 1 aromatic carbocycles. The number of phenolic OH excluding ortho intramolecular Hbond substituents is 1. The lowest BCUT2D eigenvalue weighted by Crippen LogP contribution is -2.08. The molecule has 0 amide bonds. The van der Waals surface area contributed by atoms with E-state index in [0.717, 1.165) is 11.3 Å². The van der Waals surface area contributed by atoms with Crippen LogP contribution in [0.3, 0.4) is 0 Å². The number of ether oxygens (including phenoxy) is 1. The van der Waals surface area contributed by atoms with E-state index in [1.54, 1.807) is 24.3 Å². The molecule has 1 atom stereocenters. The molecular weight excluding hydrogens is 200 g/mol. The van der Waals surface area contributed by atoms with E-state index in [1.807, 2.05) is 0 Å². The van der Waals surface area contributed by atoms with Crippen molar-refractivity contribution in [2.45, 2.75) is 16.6 Å². The van der Waals surface area contributed by atoms with Gasteiger partial charge in [0.2, 0.25) is 0 Å². The van der Waals surface area contributed by atoms with Gasteiger partial charge in [-0.25, -0.2) is 0 Å². The van der Waals surface area contributed by atoms with Crippen LogP contribution in [0.25, 0.3) is 0 Å². The Morgan fingerprint density at radius 1 is 1.36 bits per heavy atom. The lowest BCUT2D eigenvalue weighted by Gasteiger charge is -2.04. The van der Waals surface area contributed by atoms with Gasteiger partial charge in [0.1, 0.15) is 11.0 Å². The standard InChI is InChI=1S/C10H10O3S/c11-7-1-3-8(4-2-7)14-9-5-6-13-10(9)12/h1-4,9,11H,5-6H2. The Morgan fingerprint density at radius 3 is 2.64 bits per heavy atom. The Hall–Kier alpha value is -1.16. The number of rotatable bonds is 2. The minimum atomic E-state index is -0.136. The fraction of sp³-hybridized carbons (Fsp3) is 0.300. The second-order valence-electron chi connectivity index (χ2n) is 3.06. The molecule has 1 saturated heterocycles. The Balaban J connectivity index is 2.03. The lowest BCUT2D eigenvalue weighted by atomic mass is 10.3. The number of hydrogen-bond donors (Lipinski definition) is 1. The smallest absolute Gasteiger partial charge is 0.319 e. The van der Waals surface area contributed by atoms with Crippen molar-refractivity contribution in [3.63, 3.8) is 0 Å². The van der Waals surface area contributed by atoms with Crippen LogP contribution in [0.2, 0.25) is 0 Å². The molecule has 0 aromatic heterocycles. The summed E-state index contributed by atoms with van der Waals surface area (Å²) in [5.74, 6) is 0.103. The maximum Gasteiger partial charge on any atom is 0.319 e. The highest BCUT2D eigenvalue weighted by Crippen LogP contribution is 2.30. The molecule has 14 heavy (non-hydrogen) atoms. The molecule has 4 heteroatoms. The van der Waals surface area contributed by atoms with Crippen molar-refractivity contribution < 1.29 is 14.6 Å². The molecule has 1 heterocycles. The predicted octanol–water partition coefficient (Wildman–Crippen LogP) is 1.80. The normalized spacial score (nSPS) is 20.9. The van der Waals surface area contributed by atoms with Gasteiger partial charge < -0.3 is 9.84 Å². The number of hydrogen-bond acceptors (Lipinski definition) is 4. The van der Waals surface area contributed by atoms with E-state index in [9.17, 15) is 4.79 Å². The molecule has 0 aliphatic carbocycles. The number of aromatic hydroxyl groups is 1. The molecular formula is C10H10O3S. The number of esters is 1. The first-order valence-corrected chi connectivity index (χ1v) is 5.26. The molecule has 1 unspecified atom stereocenters. The van der Waals surface area contributed by atoms with E-state index < -0.39 is 0 Å². The van der Waals surface area contributed by atoms with Gasteiger partial charge in [0, 0.05) is 11.3 Å². The molecule has 3 nitrogen and oxygen atoms in total. The molecule has 0 saturated carbocycles. The van der Waals surface area contributed by atoms with Crippen LogP contribution in [0.5, 0.6) is 5.75 Å². The Labute approximate surface area is 86.1 Å². The van der Waals surface area contributed by atoms with Gasteiger partial charge in [-0.05, 0) is 24.3 Å². The van der Waals surface area contributed by atoms with Crippen LogP contribution in [-0.2, 0) is 9.53 Å². The van der Waals surface area contributed by atoms with Crippen LogP contribution in [0.15, 0.2) is 29.2 Å². The zero-order valence-corrected chi connectivity index (χ0v) is 8.29. The molecule has 1 aromatic rings. The summed E-state index contributed by atoms with van der Waals surface area (Å²) >= 11 is 1.48. The van der Waals surface area contributed by atoms with Crippen LogP contribution in [0.4, 0.5) is 0 Å². The molecule has 0 radical (unpaired) electrons. The number of carbonyl (C=O) groups excluding carboxylic acids is 1. The largest absolute Gasteiger partial charge is 0.508 e. The summed E-state index contributed by atoms with van der Waals surface area (Å²) in [4.78, 5) is 12.1. The first-order chi connectivity index (χ1) is 6.75. The van der Waals surface area contributed by atoms with Crippen LogP contribution in [-0.4, -0.2) is 22.9 Å². The second kappa shape index (κ2) is 3.92. The fourth-order valence-corrected chi connectivity index (χ4v) is 2.27. The van der Waals surface area contributed by atoms with Crippen molar-refractivity contribution in [3.8, 4) is 5.75 Å². The van der Waals surface area contributed by atoms with Gasteiger partial charge in [0.05, 0.1) is 6.61 Å². The predicted molar refractivity (Wildman–Crippen MR) is 53.3 cm³/mol. The van der Waals surface area contributed by atoms with Crippen LogP contribution >= 0.6 is 11.8 Å². The minimum absolute atomic E-state index is 0.0838. The lowest BCUT2D eigenvalue weighted by molar-refractivity contribution is -0.137. The summed E-state index contributed by atoms with van der Waals surface area (Å²) in [5, 5.41) is 8.98. The van der Waals surface area contributed by atoms with Crippen molar-refractivity contribution >= 4 is 17.7 Å². The van der Waals surface area contributed by atoms with E-state index in [1.165, 1.54) is 11.8 Å². The zero-order chi connectivity index (χ0) is 9.97. The summed E-state index contributed by atoms with van der Waals surface area (Å²) in [7, 11) is 0. The van der Waals surface area contributed by atoms with Crippen molar-refractivity contribution in [1.82, 2.24) is 0 Å².